The molecule has 1 aromatic rings. The Morgan fingerprint density at radius 1 is 1.24 bits per heavy atom. The number of aliphatic carboxylic acids is 1. The molecule has 4 heteroatoms. The van der Waals surface area contributed by atoms with Crippen LogP contribution < -0.4 is 0 Å². The van der Waals surface area contributed by atoms with Gasteiger partial charge in [0.25, 0.3) is 5.91 Å². The Kier molecular flexibility index (Phi) is 5.14. The number of carbonyl (C=O) groups is 2. The van der Waals surface area contributed by atoms with E-state index in [1.807, 2.05) is 11.8 Å². The third kappa shape index (κ3) is 3.94. The Hall–Kier alpha value is -2.10. The standard InChI is InChI=1S/C17H21NO3/c1-2-18(15-5-3-4-6-15)17(21)14-10-7-13(8-11-14)9-12-16(19)20/h7-12,15H,2-6H2,1H3,(H,19,20). The second-order valence-corrected chi connectivity index (χ2v) is 5.32. The van der Waals surface area contributed by atoms with Crippen LogP contribution in [0.3, 0.4) is 0 Å². The second kappa shape index (κ2) is 7.07. The molecule has 1 aromatic carbocycles. The second-order valence-electron chi connectivity index (χ2n) is 5.32. The van der Waals surface area contributed by atoms with E-state index in [1.54, 1.807) is 24.3 Å². The molecule has 0 spiro atoms. The maximum Gasteiger partial charge on any atom is 0.328 e. The van der Waals surface area contributed by atoms with E-state index < -0.39 is 5.97 Å². The first-order valence-corrected chi connectivity index (χ1v) is 7.44. The van der Waals surface area contributed by atoms with Gasteiger partial charge in [0.2, 0.25) is 0 Å². The fourth-order valence-electron chi connectivity index (χ4n) is 2.85. The van der Waals surface area contributed by atoms with Crippen molar-refractivity contribution in [2.45, 2.75) is 38.6 Å². The first-order chi connectivity index (χ1) is 10.1. The van der Waals surface area contributed by atoms with Crippen LogP contribution in [-0.2, 0) is 4.79 Å². The quantitative estimate of drug-likeness (QED) is 0.846. The summed E-state index contributed by atoms with van der Waals surface area (Å²) < 4.78 is 0. The van der Waals surface area contributed by atoms with Crippen molar-refractivity contribution in [2.75, 3.05) is 6.54 Å². The topological polar surface area (TPSA) is 57.6 Å². The van der Waals surface area contributed by atoms with Gasteiger partial charge in [-0.1, -0.05) is 25.0 Å². The van der Waals surface area contributed by atoms with Gasteiger partial charge in [-0.05, 0) is 43.5 Å². The molecule has 112 valence electrons. The zero-order valence-electron chi connectivity index (χ0n) is 12.3. The maximum atomic E-state index is 12.6. The SMILES string of the molecule is CCN(C(=O)c1ccc(C=CC(=O)O)cc1)C1CCCC1. The van der Waals surface area contributed by atoms with E-state index in [9.17, 15) is 9.59 Å². The first kappa shape index (κ1) is 15.3. The summed E-state index contributed by atoms with van der Waals surface area (Å²) in [6, 6.07) is 7.45. The van der Waals surface area contributed by atoms with Gasteiger partial charge in [0.05, 0.1) is 0 Å². The third-order valence-electron chi connectivity index (χ3n) is 3.94. The fraction of sp³-hybridized carbons (Fsp3) is 0.412. The minimum Gasteiger partial charge on any atom is -0.478 e. The lowest BCUT2D eigenvalue weighted by Gasteiger charge is -2.27. The van der Waals surface area contributed by atoms with Crippen molar-refractivity contribution in [3.05, 3.63) is 41.5 Å². The monoisotopic (exact) mass is 287 g/mol. The van der Waals surface area contributed by atoms with Gasteiger partial charge in [-0.15, -0.1) is 0 Å². The summed E-state index contributed by atoms with van der Waals surface area (Å²) in [5.41, 5.74) is 1.44. The number of hydrogen-bond donors (Lipinski definition) is 1. The number of amides is 1. The van der Waals surface area contributed by atoms with E-state index in [0.717, 1.165) is 31.0 Å². The van der Waals surface area contributed by atoms with Crippen molar-refractivity contribution in [1.29, 1.82) is 0 Å². The highest BCUT2D eigenvalue weighted by molar-refractivity contribution is 5.94. The number of hydrogen-bond acceptors (Lipinski definition) is 2. The Morgan fingerprint density at radius 3 is 2.38 bits per heavy atom. The average molecular weight is 287 g/mol. The van der Waals surface area contributed by atoms with Crippen LogP contribution in [-0.4, -0.2) is 34.5 Å². The molecule has 0 aliphatic heterocycles. The van der Waals surface area contributed by atoms with Crippen molar-refractivity contribution in [2.24, 2.45) is 0 Å². The van der Waals surface area contributed by atoms with E-state index >= 15 is 0 Å². The summed E-state index contributed by atoms with van der Waals surface area (Å²) in [5, 5.41) is 8.60. The number of nitrogens with zero attached hydrogens (tertiary/aromatic N) is 1. The first-order valence-electron chi connectivity index (χ1n) is 7.44. The molecule has 1 amide bonds. The van der Waals surface area contributed by atoms with Crippen molar-refractivity contribution in [3.8, 4) is 0 Å². The summed E-state index contributed by atoms with van der Waals surface area (Å²) in [6.07, 6.45) is 7.21. The smallest absolute Gasteiger partial charge is 0.328 e. The molecule has 1 aliphatic rings. The van der Waals surface area contributed by atoms with Crippen molar-refractivity contribution < 1.29 is 14.7 Å². The number of carboxylic acids is 1. The van der Waals surface area contributed by atoms with Gasteiger partial charge in [-0.2, -0.15) is 0 Å². The molecule has 2 rings (SSSR count). The van der Waals surface area contributed by atoms with E-state index in [1.165, 1.54) is 18.9 Å². The fourth-order valence-corrected chi connectivity index (χ4v) is 2.85. The lowest BCUT2D eigenvalue weighted by atomic mass is 10.1. The minimum absolute atomic E-state index is 0.0677. The van der Waals surface area contributed by atoms with Crippen LogP contribution in [0.2, 0.25) is 0 Å². The number of benzene rings is 1. The zero-order valence-corrected chi connectivity index (χ0v) is 12.3. The van der Waals surface area contributed by atoms with E-state index in [4.69, 9.17) is 5.11 Å². The third-order valence-corrected chi connectivity index (χ3v) is 3.94. The predicted octanol–water partition coefficient (Wildman–Crippen LogP) is 3.19. The lowest BCUT2D eigenvalue weighted by Crippen LogP contribution is -2.38. The van der Waals surface area contributed by atoms with Gasteiger partial charge in [0.1, 0.15) is 0 Å². The van der Waals surface area contributed by atoms with Gasteiger partial charge >= 0.3 is 5.97 Å². The Morgan fingerprint density at radius 2 is 1.86 bits per heavy atom. The van der Waals surface area contributed by atoms with Gasteiger partial charge in [0.15, 0.2) is 0 Å². The highest BCUT2D eigenvalue weighted by atomic mass is 16.4. The highest BCUT2D eigenvalue weighted by Gasteiger charge is 2.25. The molecule has 0 aromatic heterocycles. The van der Waals surface area contributed by atoms with Crippen molar-refractivity contribution >= 4 is 18.0 Å². The molecular weight excluding hydrogens is 266 g/mol. The zero-order chi connectivity index (χ0) is 15.2. The van der Waals surface area contributed by atoms with E-state index in [-0.39, 0.29) is 5.91 Å². The van der Waals surface area contributed by atoms with Crippen molar-refractivity contribution in [1.82, 2.24) is 4.90 Å². The predicted molar refractivity (Wildman–Crippen MR) is 82.1 cm³/mol. The molecule has 0 saturated heterocycles. The largest absolute Gasteiger partial charge is 0.478 e. The van der Waals surface area contributed by atoms with Crippen LogP contribution in [0.4, 0.5) is 0 Å². The number of carbonyl (C=O) groups excluding carboxylic acids is 1. The van der Waals surface area contributed by atoms with Gasteiger partial charge in [0, 0.05) is 24.2 Å². The van der Waals surface area contributed by atoms with Gasteiger partial charge in [-0.3, -0.25) is 4.79 Å². The van der Waals surface area contributed by atoms with Gasteiger partial charge in [-0.25, -0.2) is 4.79 Å². The molecule has 0 radical (unpaired) electrons. The van der Waals surface area contributed by atoms with E-state index in [0.29, 0.717) is 11.6 Å². The summed E-state index contributed by atoms with van der Waals surface area (Å²) in [4.78, 5) is 25.0. The van der Waals surface area contributed by atoms with Crippen LogP contribution in [0.15, 0.2) is 30.3 Å². The molecule has 4 nitrogen and oxygen atoms in total. The van der Waals surface area contributed by atoms with Crippen LogP contribution in [0.1, 0.15) is 48.5 Å². The normalized spacial score (nSPS) is 15.5. The van der Waals surface area contributed by atoms with Crippen LogP contribution in [0.25, 0.3) is 6.08 Å². The molecule has 1 fully saturated rings. The van der Waals surface area contributed by atoms with Crippen molar-refractivity contribution in [3.63, 3.8) is 0 Å². The molecule has 1 N–H and O–H groups in total. The molecule has 21 heavy (non-hydrogen) atoms. The Bertz CT molecular complexity index is 527. The molecule has 1 saturated carbocycles. The maximum absolute atomic E-state index is 12.6. The Balaban J connectivity index is 2.09. The molecule has 1 aliphatic carbocycles. The average Bonchev–Trinajstić information content (AvgIpc) is 3.00. The summed E-state index contributed by atoms with van der Waals surface area (Å²) >= 11 is 0. The molecule has 0 unspecified atom stereocenters. The number of rotatable bonds is 5. The lowest BCUT2D eigenvalue weighted by molar-refractivity contribution is -0.131. The molecule has 0 heterocycles. The minimum atomic E-state index is -0.978. The van der Waals surface area contributed by atoms with Gasteiger partial charge < -0.3 is 10.0 Å². The highest BCUT2D eigenvalue weighted by Crippen LogP contribution is 2.24. The number of carboxylic acid groups (broad SMARTS) is 1. The molecular formula is C17H21NO3. The van der Waals surface area contributed by atoms with Crippen LogP contribution in [0, 0.1) is 0 Å². The molecule has 0 bridgehead atoms. The Labute approximate surface area is 125 Å². The molecule has 0 atom stereocenters. The van der Waals surface area contributed by atoms with Crippen LogP contribution >= 0.6 is 0 Å². The van der Waals surface area contributed by atoms with Crippen LogP contribution in [0.5, 0.6) is 0 Å². The summed E-state index contributed by atoms with van der Waals surface area (Å²) in [7, 11) is 0. The summed E-state index contributed by atoms with van der Waals surface area (Å²) in [5.74, 6) is -0.910. The van der Waals surface area contributed by atoms with E-state index in [2.05, 4.69) is 0 Å². The summed E-state index contributed by atoms with van der Waals surface area (Å²) in [6.45, 7) is 2.74.